The summed E-state index contributed by atoms with van der Waals surface area (Å²) in [7, 11) is 0. The van der Waals surface area contributed by atoms with Crippen molar-refractivity contribution in [3.63, 3.8) is 0 Å². The quantitative estimate of drug-likeness (QED) is 0.788. The maximum absolute atomic E-state index is 12.2. The molecule has 0 fully saturated rings. The van der Waals surface area contributed by atoms with E-state index in [1.807, 2.05) is 34.6 Å². The van der Waals surface area contributed by atoms with Crippen molar-refractivity contribution in [2.45, 2.75) is 40.7 Å². The number of rotatable bonds is 1. The van der Waals surface area contributed by atoms with Crippen molar-refractivity contribution in [2.24, 2.45) is 0 Å². The number of fused-ring (bicyclic) bond motifs is 1. The second-order valence-electron chi connectivity index (χ2n) is 4.22. The van der Waals surface area contributed by atoms with Gasteiger partial charge in [-0.25, -0.2) is 4.98 Å². The minimum absolute atomic E-state index is 0.0233. The Balaban J connectivity index is 0.000000771. The van der Waals surface area contributed by atoms with Crippen molar-refractivity contribution in [2.75, 3.05) is 5.73 Å². The van der Waals surface area contributed by atoms with E-state index in [0.717, 1.165) is 5.56 Å². The first-order valence-electron chi connectivity index (χ1n) is 6.28. The maximum Gasteiger partial charge on any atom is 0.261 e. The minimum atomic E-state index is -0.0233. The van der Waals surface area contributed by atoms with E-state index in [1.165, 1.54) is 0 Å². The van der Waals surface area contributed by atoms with E-state index in [-0.39, 0.29) is 11.6 Å². The molecule has 1 aromatic heterocycles. The van der Waals surface area contributed by atoms with Gasteiger partial charge in [0, 0.05) is 11.7 Å². The zero-order chi connectivity index (χ0) is 13.9. The Morgan fingerprint density at radius 1 is 1.28 bits per heavy atom. The summed E-state index contributed by atoms with van der Waals surface area (Å²) in [5, 5.41) is 0.621. The molecule has 0 aliphatic rings. The largest absolute Gasteiger partial charge is 0.398 e. The van der Waals surface area contributed by atoms with Crippen LogP contribution in [-0.2, 0) is 0 Å². The molecule has 0 aliphatic heterocycles. The van der Waals surface area contributed by atoms with Crippen LogP contribution in [0.5, 0.6) is 0 Å². The van der Waals surface area contributed by atoms with Crippen LogP contribution < -0.4 is 11.3 Å². The molecule has 0 saturated heterocycles. The molecular weight excluding hydrogens is 226 g/mol. The Morgan fingerprint density at radius 3 is 2.44 bits per heavy atom. The summed E-state index contributed by atoms with van der Waals surface area (Å²) in [5.74, 6) is 0. The number of anilines is 1. The predicted octanol–water partition coefficient (Wildman–Crippen LogP) is 2.89. The van der Waals surface area contributed by atoms with Gasteiger partial charge < -0.3 is 5.73 Å². The van der Waals surface area contributed by atoms with Crippen LogP contribution in [0.25, 0.3) is 10.9 Å². The van der Waals surface area contributed by atoms with Gasteiger partial charge >= 0.3 is 0 Å². The van der Waals surface area contributed by atoms with Crippen molar-refractivity contribution in [1.29, 1.82) is 0 Å². The third-order valence-electron chi connectivity index (χ3n) is 2.81. The Morgan fingerprint density at radius 2 is 1.89 bits per heavy atom. The van der Waals surface area contributed by atoms with Gasteiger partial charge in [0.05, 0.1) is 17.2 Å². The van der Waals surface area contributed by atoms with Gasteiger partial charge in [-0.05, 0) is 38.5 Å². The zero-order valence-corrected chi connectivity index (χ0v) is 11.7. The molecule has 0 spiro atoms. The van der Waals surface area contributed by atoms with Gasteiger partial charge in [0.25, 0.3) is 5.56 Å². The standard InChI is InChI=1S/C12H15N3O.C2H6/c1-7(2)15-6-14-10-5-4-9(13)8(3)11(10)12(15)16;1-2/h4-7H,13H2,1-3H3;1-2H3. The number of hydrogen-bond acceptors (Lipinski definition) is 3. The molecule has 0 saturated carbocycles. The molecule has 4 heteroatoms. The Bertz CT molecular complexity index is 600. The number of benzene rings is 1. The van der Waals surface area contributed by atoms with Gasteiger partial charge in [-0.3, -0.25) is 9.36 Å². The predicted molar refractivity (Wildman–Crippen MR) is 76.9 cm³/mol. The SMILES string of the molecule is CC.Cc1c(N)ccc2ncn(C(C)C)c(=O)c12. The minimum Gasteiger partial charge on any atom is -0.398 e. The first-order valence-corrected chi connectivity index (χ1v) is 6.28. The van der Waals surface area contributed by atoms with Crippen molar-refractivity contribution >= 4 is 16.6 Å². The van der Waals surface area contributed by atoms with Gasteiger partial charge in [0.15, 0.2) is 0 Å². The molecule has 2 N–H and O–H groups in total. The Kier molecular flexibility index (Phi) is 4.48. The van der Waals surface area contributed by atoms with Crippen molar-refractivity contribution in [1.82, 2.24) is 9.55 Å². The second-order valence-corrected chi connectivity index (χ2v) is 4.22. The van der Waals surface area contributed by atoms with Crippen LogP contribution >= 0.6 is 0 Å². The molecule has 0 atom stereocenters. The van der Waals surface area contributed by atoms with Crippen LogP contribution in [0, 0.1) is 6.92 Å². The van der Waals surface area contributed by atoms with Gasteiger partial charge in [-0.15, -0.1) is 0 Å². The number of aromatic nitrogens is 2. The van der Waals surface area contributed by atoms with Gasteiger partial charge in [0.1, 0.15) is 0 Å². The number of nitrogen functional groups attached to an aromatic ring is 1. The lowest BCUT2D eigenvalue weighted by atomic mass is 10.1. The van der Waals surface area contributed by atoms with E-state index in [1.54, 1.807) is 23.0 Å². The van der Waals surface area contributed by atoms with E-state index >= 15 is 0 Å². The summed E-state index contributed by atoms with van der Waals surface area (Å²) in [4.78, 5) is 16.5. The molecule has 2 rings (SSSR count). The van der Waals surface area contributed by atoms with Crippen LogP contribution in [0.4, 0.5) is 5.69 Å². The lowest BCUT2D eigenvalue weighted by Gasteiger charge is -2.11. The lowest BCUT2D eigenvalue weighted by Crippen LogP contribution is -2.23. The average Bonchev–Trinajstić information content (AvgIpc) is 2.36. The lowest BCUT2D eigenvalue weighted by molar-refractivity contribution is 0.573. The fraction of sp³-hybridized carbons (Fsp3) is 0.429. The number of nitrogens with zero attached hydrogens (tertiary/aromatic N) is 2. The van der Waals surface area contributed by atoms with E-state index in [2.05, 4.69) is 4.98 Å². The number of hydrogen-bond donors (Lipinski definition) is 1. The molecule has 0 aliphatic carbocycles. The molecule has 1 aromatic carbocycles. The van der Waals surface area contributed by atoms with Gasteiger partial charge in [-0.2, -0.15) is 0 Å². The highest BCUT2D eigenvalue weighted by Crippen LogP contribution is 2.18. The number of nitrogens with two attached hydrogens (primary N) is 1. The Hall–Kier alpha value is -1.84. The highest BCUT2D eigenvalue weighted by Gasteiger charge is 2.10. The highest BCUT2D eigenvalue weighted by atomic mass is 16.1. The second kappa shape index (κ2) is 5.67. The van der Waals surface area contributed by atoms with Crippen LogP contribution in [0.2, 0.25) is 0 Å². The maximum atomic E-state index is 12.2. The Labute approximate surface area is 107 Å². The third-order valence-corrected chi connectivity index (χ3v) is 2.81. The van der Waals surface area contributed by atoms with E-state index in [4.69, 9.17) is 5.73 Å². The van der Waals surface area contributed by atoms with Crippen molar-refractivity contribution < 1.29 is 0 Å². The van der Waals surface area contributed by atoms with Gasteiger partial charge in [0.2, 0.25) is 0 Å². The van der Waals surface area contributed by atoms with E-state index in [0.29, 0.717) is 16.6 Å². The topological polar surface area (TPSA) is 60.9 Å². The zero-order valence-electron chi connectivity index (χ0n) is 11.7. The fourth-order valence-electron chi connectivity index (χ4n) is 1.76. The van der Waals surface area contributed by atoms with Crippen LogP contribution in [0.1, 0.15) is 39.3 Å². The van der Waals surface area contributed by atoms with E-state index in [9.17, 15) is 4.79 Å². The molecule has 2 aromatic rings. The fourth-order valence-corrected chi connectivity index (χ4v) is 1.76. The molecule has 18 heavy (non-hydrogen) atoms. The van der Waals surface area contributed by atoms with Crippen LogP contribution in [0.3, 0.4) is 0 Å². The first-order chi connectivity index (χ1) is 8.52. The van der Waals surface area contributed by atoms with E-state index < -0.39 is 0 Å². The summed E-state index contributed by atoms with van der Waals surface area (Å²) in [6.07, 6.45) is 1.59. The molecule has 0 radical (unpaired) electrons. The van der Waals surface area contributed by atoms with Gasteiger partial charge in [-0.1, -0.05) is 13.8 Å². The molecule has 0 bridgehead atoms. The smallest absolute Gasteiger partial charge is 0.261 e. The molecule has 1 heterocycles. The third kappa shape index (κ3) is 2.37. The highest BCUT2D eigenvalue weighted by molar-refractivity contribution is 5.85. The molecule has 0 unspecified atom stereocenters. The van der Waals surface area contributed by atoms with Crippen LogP contribution in [-0.4, -0.2) is 9.55 Å². The molecule has 98 valence electrons. The molecular formula is C14H21N3O. The summed E-state index contributed by atoms with van der Waals surface area (Å²) < 4.78 is 1.62. The summed E-state index contributed by atoms with van der Waals surface area (Å²) in [6.45, 7) is 9.76. The van der Waals surface area contributed by atoms with Crippen LogP contribution in [0.15, 0.2) is 23.3 Å². The average molecular weight is 247 g/mol. The number of aryl methyl sites for hydroxylation is 1. The monoisotopic (exact) mass is 247 g/mol. The first kappa shape index (κ1) is 14.2. The summed E-state index contributed by atoms with van der Waals surface area (Å²) in [5.41, 5.74) is 7.93. The summed E-state index contributed by atoms with van der Waals surface area (Å²) in [6, 6.07) is 3.67. The molecule has 4 nitrogen and oxygen atoms in total. The van der Waals surface area contributed by atoms with Crippen molar-refractivity contribution in [3.8, 4) is 0 Å². The normalized spacial score (nSPS) is 10.3. The molecule has 0 amide bonds. The van der Waals surface area contributed by atoms with Crippen molar-refractivity contribution in [3.05, 3.63) is 34.4 Å². The summed E-state index contributed by atoms with van der Waals surface area (Å²) >= 11 is 0.